The van der Waals surface area contributed by atoms with E-state index < -0.39 is 0 Å². The summed E-state index contributed by atoms with van der Waals surface area (Å²) in [6.45, 7) is 8.78. The molecule has 0 aliphatic heterocycles. The van der Waals surface area contributed by atoms with E-state index >= 15 is 0 Å². The first-order valence-electron chi connectivity index (χ1n) is 7.49. The SMILES string of the molecule is CC(CC(=O)c1ccnn1-c1ccccc1)CC(C)(C)C. The standard InChI is InChI=1S/C18H24N2O/c1-14(13-18(2,3)4)12-17(21)16-10-11-19-20(16)15-8-6-5-7-9-15/h5-11,14H,12-13H2,1-4H3. The zero-order chi connectivity index (χ0) is 15.5. The fourth-order valence-electron chi connectivity index (χ4n) is 2.83. The Morgan fingerprint density at radius 1 is 1.19 bits per heavy atom. The van der Waals surface area contributed by atoms with Crippen molar-refractivity contribution in [3.05, 3.63) is 48.3 Å². The zero-order valence-corrected chi connectivity index (χ0v) is 13.3. The van der Waals surface area contributed by atoms with Gasteiger partial charge in [-0.15, -0.1) is 0 Å². The van der Waals surface area contributed by atoms with E-state index in [9.17, 15) is 4.79 Å². The second-order valence-corrected chi connectivity index (χ2v) is 6.96. The van der Waals surface area contributed by atoms with Crippen LogP contribution in [-0.4, -0.2) is 15.6 Å². The Morgan fingerprint density at radius 2 is 1.86 bits per heavy atom. The maximum Gasteiger partial charge on any atom is 0.181 e. The molecular weight excluding hydrogens is 260 g/mol. The fraction of sp³-hybridized carbons (Fsp3) is 0.444. The smallest absolute Gasteiger partial charge is 0.181 e. The van der Waals surface area contributed by atoms with Crippen LogP contribution >= 0.6 is 0 Å². The van der Waals surface area contributed by atoms with Crippen molar-refractivity contribution in [3.8, 4) is 5.69 Å². The molecule has 21 heavy (non-hydrogen) atoms. The third kappa shape index (κ3) is 4.28. The molecule has 0 spiro atoms. The normalized spacial score (nSPS) is 13.1. The van der Waals surface area contributed by atoms with Gasteiger partial charge in [0.05, 0.1) is 11.9 Å². The van der Waals surface area contributed by atoms with Crippen LogP contribution in [0.5, 0.6) is 0 Å². The van der Waals surface area contributed by atoms with Crippen molar-refractivity contribution in [3.63, 3.8) is 0 Å². The van der Waals surface area contributed by atoms with Crippen LogP contribution < -0.4 is 0 Å². The molecule has 0 saturated carbocycles. The predicted octanol–water partition coefficient (Wildman–Crippen LogP) is 4.52. The summed E-state index contributed by atoms with van der Waals surface area (Å²) in [5.41, 5.74) is 1.84. The maximum atomic E-state index is 12.5. The summed E-state index contributed by atoms with van der Waals surface area (Å²) in [4.78, 5) is 12.5. The van der Waals surface area contributed by atoms with Crippen molar-refractivity contribution in [2.24, 2.45) is 11.3 Å². The molecule has 0 amide bonds. The molecule has 2 rings (SSSR count). The van der Waals surface area contributed by atoms with Gasteiger partial charge in [-0.3, -0.25) is 4.79 Å². The van der Waals surface area contributed by atoms with Gasteiger partial charge in [0.1, 0.15) is 5.69 Å². The van der Waals surface area contributed by atoms with Crippen molar-refractivity contribution in [2.75, 3.05) is 0 Å². The number of hydrogen-bond donors (Lipinski definition) is 0. The first-order chi connectivity index (χ1) is 9.87. The molecule has 0 fully saturated rings. The second-order valence-electron chi connectivity index (χ2n) is 6.96. The first kappa shape index (κ1) is 15.5. The molecule has 0 N–H and O–H groups in total. The van der Waals surface area contributed by atoms with Gasteiger partial charge in [-0.25, -0.2) is 4.68 Å². The topological polar surface area (TPSA) is 34.9 Å². The lowest BCUT2D eigenvalue weighted by Crippen LogP contribution is -2.16. The summed E-state index contributed by atoms with van der Waals surface area (Å²) in [6.07, 6.45) is 3.29. The summed E-state index contributed by atoms with van der Waals surface area (Å²) in [5.74, 6) is 0.532. The molecular formula is C18H24N2O. The number of rotatable bonds is 5. The van der Waals surface area contributed by atoms with Crippen molar-refractivity contribution >= 4 is 5.78 Å². The number of para-hydroxylation sites is 1. The Morgan fingerprint density at radius 3 is 2.48 bits per heavy atom. The second kappa shape index (κ2) is 6.25. The van der Waals surface area contributed by atoms with Crippen molar-refractivity contribution in [1.29, 1.82) is 0 Å². The van der Waals surface area contributed by atoms with E-state index in [1.165, 1.54) is 0 Å². The Balaban J connectivity index is 2.13. The number of aromatic nitrogens is 2. The van der Waals surface area contributed by atoms with E-state index in [-0.39, 0.29) is 11.2 Å². The molecule has 0 saturated heterocycles. The number of carbonyl (C=O) groups excluding carboxylic acids is 1. The van der Waals surface area contributed by atoms with Crippen LogP contribution in [0.15, 0.2) is 42.6 Å². The quantitative estimate of drug-likeness (QED) is 0.757. The van der Waals surface area contributed by atoms with Crippen LogP contribution in [0.4, 0.5) is 0 Å². The highest BCUT2D eigenvalue weighted by molar-refractivity contribution is 5.95. The summed E-state index contributed by atoms with van der Waals surface area (Å²) < 4.78 is 1.73. The zero-order valence-electron chi connectivity index (χ0n) is 13.3. The minimum absolute atomic E-state index is 0.160. The average Bonchev–Trinajstić information content (AvgIpc) is 2.86. The van der Waals surface area contributed by atoms with Gasteiger partial charge in [0.15, 0.2) is 5.78 Å². The molecule has 112 valence electrons. The van der Waals surface area contributed by atoms with Gasteiger partial charge in [0.25, 0.3) is 0 Å². The number of carbonyl (C=O) groups is 1. The van der Waals surface area contributed by atoms with Gasteiger partial charge in [-0.2, -0.15) is 5.10 Å². The molecule has 1 aromatic carbocycles. The molecule has 2 aromatic rings. The highest BCUT2D eigenvalue weighted by Gasteiger charge is 2.20. The molecule has 0 radical (unpaired) electrons. The van der Waals surface area contributed by atoms with Crippen molar-refractivity contribution in [1.82, 2.24) is 9.78 Å². The molecule has 3 heteroatoms. The number of hydrogen-bond acceptors (Lipinski definition) is 2. The molecule has 1 heterocycles. The molecule has 0 aliphatic rings. The van der Waals surface area contributed by atoms with Gasteiger partial charge in [-0.05, 0) is 36.0 Å². The minimum Gasteiger partial charge on any atom is -0.292 e. The number of Topliss-reactive ketones (excluding diaryl/α,β-unsaturated/α-hetero) is 1. The van der Waals surface area contributed by atoms with Crippen molar-refractivity contribution < 1.29 is 4.79 Å². The van der Waals surface area contributed by atoms with Crippen LogP contribution in [-0.2, 0) is 0 Å². The Kier molecular flexibility index (Phi) is 4.61. The molecule has 0 bridgehead atoms. The van der Waals surface area contributed by atoms with E-state index in [1.807, 2.05) is 30.3 Å². The van der Waals surface area contributed by atoms with E-state index in [4.69, 9.17) is 0 Å². The van der Waals surface area contributed by atoms with Crippen LogP contribution in [0.2, 0.25) is 0 Å². The van der Waals surface area contributed by atoms with Crippen LogP contribution in [0.3, 0.4) is 0 Å². The third-order valence-electron chi connectivity index (χ3n) is 3.42. The summed E-state index contributed by atoms with van der Waals surface area (Å²) in [7, 11) is 0. The molecule has 0 aliphatic carbocycles. The summed E-state index contributed by atoms with van der Waals surface area (Å²) in [5, 5.41) is 4.29. The lowest BCUT2D eigenvalue weighted by molar-refractivity contribution is 0.0946. The van der Waals surface area contributed by atoms with Gasteiger partial charge in [-0.1, -0.05) is 45.9 Å². The average molecular weight is 284 g/mol. The number of benzene rings is 1. The van der Waals surface area contributed by atoms with Gasteiger partial charge in [0.2, 0.25) is 0 Å². The van der Waals surface area contributed by atoms with Crippen LogP contribution in [0.1, 0.15) is 51.0 Å². The fourth-order valence-corrected chi connectivity index (χ4v) is 2.83. The van der Waals surface area contributed by atoms with E-state index in [1.54, 1.807) is 16.9 Å². The van der Waals surface area contributed by atoms with Crippen LogP contribution in [0, 0.1) is 11.3 Å². The molecule has 1 unspecified atom stereocenters. The molecule has 3 nitrogen and oxygen atoms in total. The minimum atomic E-state index is 0.160. The Labute approximate surface area is 127 Å². The van der Waals surface area contributed by atoms with Crippen LogP contribution in [0.25, 0.3) is 5.69 Å². The van der Waals surface area contributed by atoms with Gasteiger partial charge >= 0.3 is 0 Å². The Bertz CT molecular complexity index is 593. The first-order valence-corrected chi connectivity index (χ1v) is 7.49. The number of ketones is 1. The lowest BCUT2D eigenvalue weighted by atomic mass is 9.83. The summed E-state index contributed by atoms with van der Waals surface area (Å²) >= 11 is 0. The summed E-state index contributed by atoms with van der Waals surface area (Å²) in [6, 6.07) is 11.6. The molecule has 1 aromatic heterocycles. The highest BCUT2D eigenvalue weighted by atomic mass is 16.1. The van der Waals surface area contributed by atoms with E-state index in [2.05, 4.69) is 32.8 Å². The third-order valence-corrected chi connectivity index (χ3v) is 3.42. The lowest BCUT2D eigenvalue weighted by Gasteiger charge is -2.22. The van der Waals surface area contributed by atoms with Crippen molar-refractivity contribution in [2.45, 2.75) is 40.5 Å². The van der Waals surface area contributed by atoms with E-state index in [0.29, 0.717) is 18.0 Å². The maximum absolute atomic E-state index is 12.5. The molecule has 1 atom stereocenters. The highest BCUT2D eigenvalue weighted by Crippen LogP contribution is 2.27. The largest absolute Gasteiger partial charge is 0.292 e. The monoisotopic (exact) mass is 284 g/mol. The number of nitrogens with zero attached hydrogens (tertiary/aromatic N) is 2. The van der Waals surface area contributed by atoms with Gasteiger partial charge < -0.3 is 0 Å². The van der Waals surface area contributed by atoms with E-state index in [0.717, 1.165) is 12.1 Å². The van der Waals surface area contributed by atoms with Gasteiger partial charge in [0, 0.05) is 6.42 Å². The Hall–Kier alpha value is -1.90. The predicted molar refractivity (Wildman–Crippen MR) is 85.7 cm³/mol.